The molecule has 0 bridgehead atoms. The number of nitrogens with zero attached hydrogens (tertiary/aromatic N) is 2. The number of thiazole rings is 1. The van der Waals surface area contributed by atoms with Gasteiger partial charge >= 0.3 is 0 Å². The number of para-hydroxylation sites is 1. The number of carbonyl (C=O) groups excluding carboxylic acids is 1. The van der Waals surface area contributed by atoms with E-state index in [2.05, 4.69) is 31.4 Å². The Bertz CT molecular complexity index is 861. The van der Waals surface area contributed by atoms with E-state index >= 15 is 0 Å². The molecule has 1 atom stereocenters. The van der Waals surface area contributed by atoms with Crippen molar-refractivity contribution >= 4 is 61.4 Å². The molecule has 1 heterocycles. The van der Waals surface area contributed by atoms with Crippen molar-refractivity contribution in [3.05, 3.63) is 58.6 Å². The Labute approximate surface area is 156 Å². The lowest BCUT2D eigenvalue weighted by Crippen LogP contribution is -2.26. The second-order valence-corrected chi connectivity index (χ2v) is 8.44. The molecule has 0 saturated heterocycles. The SMILES string of the molecule is C[C@@H](Sc1nc2ccccc2s1)C(=O)N/N=C\c1ccccc1Br. The lowest BCUT2D eigenvalue weighted by atomic mass is 10.2. The molecule has 0 aliphatic rings. The van der Waals surface area contributed by atoms with Crippen molar-refractivity contribution in [1.82, 2.24) is 10.4 Å². The fraction of sp³-hybridized carbons (Fsp3) is 0.118. The summed E-state index contributed by atoms with van der Waals surface area (Å²) in [6.45, 7) is 1.85. The van der Waals surface area contributed by atoms with Crippen LogP contribution in [0.15, 0.2) is 62.4 Å². The van der Waals surface area contributed by atoms with E-state index in [0.717, 1.165) is 24.6 Å². The summed E-state index contributed by atoms with van der Waals surface area (Å²) in [6, 6.07) is 15.6. The minimum atomic E-state index is -0.276. The number of hydrogen-bond donors (Lipinski definition) is 1. The Morgan fingerprint density at radius 1 is 1.29 bits per heavy atom. The summed E-state index contributed by atoms with van der Waals surface area (Å²) in [5.74, 6) is -0.150. The van der Waals surface area contributed by atoms with Crippen molar-refractivity contribution < 1.29 is 4.79 Å². The van der Waals surface area contributed by atoms with Gasteiger partial charge in [0.15, 0.2) is 4.34 Å². The third kappa shape index (κ3) is 4.23. The van der Waals surface area contributed by atoms with E-state index in [9.17, 15) is 4.79 Å². The second-order valence-electron chi connectivity index (χ2n) is 4.96. The molecule has 24 heavy (non-hydrogen) atoms. The number of amides is 1. The minimum absolute atomic E-state index is 0.150. The molecule has 0 fully saturated rings. The second kappa shape index (κ2) is 7.92. The summed E-state index contributed by atoms with van der Waals surface area (Å²) in [6.07, 6.45) is 1.62. The summed E-state index contributed by atoms with van der Waals surface area (Å²) in [7, 11) is 0. The minimum Gasteiger partial charge on any atom is -0.272 e. The highest BCUT2D eigenvalue weighted by molar-refractivity contribution is 9.10. The fourth-order valence-electron chi connectivity index (χ4n) is 1.94. The summed E-state index contributed by atoms with van der Waals surface area (Å²) in [5.41, 5.74) is 4.45. The average molecular weight is 420 g/mol. The molecule has 0 radical (unpaired) electrons. The normalized spacial score (nSPS) is 12.6. The van der Waals surface area contributed by atoms with Crippen LogP contribution >= 0.6 is 39.0 Å². The van der Waals surface area contributed by atoms with E-state index in [4.69, 9.17) is 0 Å². The number of hydrazone groups is 1. The highest BCUT2D eigenvalue weighted by Gasteiger charge is 2.16. The molecule has 0 aliphatic heterocycles. The molecule has 0 aliphatic carbocycles. The van der Waals surface area contributed by atoms with Gasteiger partial charge in [0.1, 0.15) is 0 Å². The van der Waals surface area contributed by atoms with Gasteiger partial charge in [-0.15, -0.1) is 11.3 Å². The van der Waals surface area contributed by atoms with Crippen LogP contribution < -0.4 is 5.43 Å². The lowest BCUT2D eigenvalue weighted by Gasteiger charge is -2.06. The van der Waals surface area contributed by atoms with Gasteiger partial charge in [0.2, 0.25) is 0 Å². The smallest absolute Gasteiger partial charge is 0.253 e. The summed E-state index contributed by atoms with van der Waals surface area (Å²) < 4.78 is 2.94. The topological polar surface area (TPSA) is 54.4 Å². The molecule has 3 rings (SSSR count). The van der Waals surface area contributed by atoms with Gasteiger partial charge in [-0.3, -0.25) is 4.79 Å². The van der Waals surface area contributed by atoms with Gasteiger partial charge in [-0.1, -0.05) is 58.0 Å². The highest BCUT2D eigenvalue weighted by Crippen LogP contribution is 2.31. The fourth-order valence-corrected chi connectivity index (χ4v) is 4.53. The molecule has 1 N–H and O–H groups in total. The van der Waals surface area contributed by atoms with E-state index in [0.29, 0.717) is 0 Å². The number of fused-ring (bicyclic) bond motifs is 1. The van der Waals surface area contributed by atoms with Gasteiger partial charge in [-0.2, -0.15) is 5.10 Å². The first kappa shape index (κ1) is 17.1. The van der Waals surface area contributed by atoms with Crippen molar-refractivity contribution in [1.29, 1.82) is 0 Å². The van der Waals surface area contributed by atoms with Gasteiger partial charge in [0, 0.05) is 10.0 Å². The van der Waals surface area contributed by atoms with E-state index in [1.165, 1.54) is 11.8 Å². The van der Waals surface area contributed by atoms with Crippen molar-refractivity contribution in [2.75, 3.05) is 0 Å². The first-order chi connectivity index (χ1) is 11.6. The third-order valence-electron chi connectivity index (χ3n) is 3.20. The maximum Gasteiger partial charge on any atom is 0.253 e. The quantitative estimate of drug-likeness (QED) is 0.370. The predicted octanol–water partition coefficient (Wildman–Crippen LogP) is 4.69. The third-order valence-corrected chi connectivity index (χ3v) is 6.16. The summed E-state index contributed by atoms with van der Waals surface area (Å²) in [4.78, 5) is 16.7. The zero-order chi connectivity index (χ0) is 16.9. The molecule has 0 unspecified atom stereocenters. The van der Waals surface area contributed by atoms with Crippen LogP contribution in [0.4, 0.5) is 0 Å². The van der Waals surface area contributed by atoms with Crippen LogP contribution in [0.1, 0.15) is 12.5 Å². The molecule has 2 aromatic carbocycles. The van der Waals surface area contributed by atoms with E-state index in [1.54, 1.807) is 17.6 Å². The zero-order valence-electron chi connectivity index (χ0n) is 12.8. The first-order valence-electron chi connectivity index (χ1n) is 7.23. The van der Waals surface area contributed by atoms with E-state index in [1.807, 2.05) is 55.5 Å². The van der Waals surface area contributed by atoms with Gasteiger partial charge in [0.25, 0.3) is 5.91 Å². The van der Waals surface area contributed by atoms with Crippen molar-refractivity contribution in [3.63, 3.8) is 0 Å². The Morgan fingerprint density at radius 2 is 2.04 bits per heavy atom. The number of hydrogen-bond acceptors (Lipinski definition) is 5. The van der Waals surface area contributed by atoms with E-state index in [-0.39, 0.29) is 11.2 Å². The Morgan fingerprint density at radius 3 is 2.83 bits per heavy atom. The Balaban J connectivity index is 1.59. The molecular weight excluding hydrogens is 406 g/mol. The number of aromatic nitrogens is 1. The number of benzene rings is 2. The monoisotopic (exact) mass is 419 g/mol. The lowest BCUT2D eigenvalue weighted by molar-refractivity contribution is -0.120. The van der Waals surface area contributed by atoms with Crippen LogP contribution in [0, 0.1) is 0 Å². The van der Waals surface area contributed by atoms with Gasteiger partial charge in [0.05, 0.1) is 21.7 Å². The molecule has 1 amide bonds. The van der Waals surface area contributed by atoms with Gasteiger partial charge in [-0.25, -0.2) is 10.4 Å². The molecule has 3 aromatic rings. The molecular formula is C17H14BrN3OS2. The largest absolute Gasteiger partial charge is 0.272 e. The molecule has 0 spiro atoms. The number of thioether (sulfide) groups is 1. The van der Waals surface area contributed by atoms with Crippen LogP contribution in [0.25, 0.3) is 10.2 Å². The van der Waals surface area contributed by atoms with Crippen LogP contribution in [0.2, 0.25) is 0 Å². The van der Waals surface area contributed by atoms with Gasteiger partial charge in [-0.05, 0) is 25.1 Å². The maximum atomic E-state index is 12.2. The Hall–Kier alpha value is -1.70. The number of carbonyl (C=O) groups is 1. The molecule has 0 saturated carbocycles. The van der Waals surface area contributed by atoms with E-state index < -0.39 is 0 Å². The van der Waals surface area contributed by atoms with Crippen molar-refractivity contribution in [2.24, 2.45) is 5.10 Å². The number of rotatable bonds is 5. The van der Waals surface area contributed by atoms with Crippen LogP contribution in [0.5, 0.6) is 0 Å². The summed E-state index contributed by atoms with van der Waals surface area (Å²) in [5, 5.41) is 3.75. The number of halogens is 1. The first-order valence-corrected chi connectivity index (χ1v) is 9.72. The molecule has 7 heteroatoms. The summed E-state index contributed by atoms with van der Waals surface area (Å²) >= 11 is 6.47. The maximum absolute atomic E-state index is 12.2. The molecule has 4 nitrogen and oxygen atoms in total. The van der Waals surface area contributed by atoms with Crippen LogP contribution in [-0.2, 0) is 4.79 Å². The molecule has 122 valence electrons. The number of nitrogens with one attached hydrogen (secondary N) is 1. The van der Waals surface area contributed by atoms with Crippen LogP contribution in [0.3, 0.4) is 0 Å². The average Bonchev–Trinajstić information content (AvgIpc) is 2.98. The highest BCUT2D eigenvalue weighted by atomic mass is 79.9. The van der Waals surface area contributed by atoms with Gasteiger partial charge < -0.3 is 0 Å². The standard InChI is InChI=1S/C17H14BrN3OS2/c1-11(23-17-20-14-8-4-5-9-15(14)24-17)16(22)21-19-10-12-6-2-3-7-13(12)18/h2-11H,1H3,(H,21,22)/b19-10-/t11-/m1/s1. The van der Waals surface area contributed by atoms with Crippen LogP contribution in [-0.4, -0.2) is 22.4 Å². The zero-order valence-corrected chi connectivity index (χ0v) is 16.0. The predicted molar refractivity (Wildman–Crippen MR) is 105 cm³/mol. The van der Waals surface area contributed by atoms with Crippen molar-refractivity contribution in [3.8, 4) is 0 Å². The van der Waals surface area contributed by atoms with Crippen molar-refractivity contribution in [2.45, 2.75) is 16.5 Å². The Kier molecular flexibility index (Phi) is 5.65. The molecule has 1 aromatic heterocycles.